The Morgan fingerprint density at radius 1 is 1.03 bits per heavy atom. The van der Waals surface area contributed by atoms with Crippen molar-refractivity contribution in [2.45, 2.75) is 11.4 Å². The molecule has 1 N–H and O–H groups in total. The largest absolute Gasteiger partial charge is 0.350 e. The molecule has 10 nitrogen and oxygen atoms in total. The number of hydrogen-bond acceptors (Lipinski definition) is 6. The molecule has 0 radical (unpaired) electrons. The van der Waals surface area contributed by atoms with Crippen LogP contribution in [0.4, 0.5) is 0 Å². The Hall–Kier alpha value is -3.02. The van der Waals surface area contributed by atoms with E-state index in [2.05, 4.69) is 20.0 Å². The maximum atomic E-state index is 13.1. The van der Waals surface area contributed by atoms with E-state index in [-0.39, 0.29) is 10.6 Å². The lowest BCUT2D eigenvalue weighted by molar-refractivity contribution is 0.180. The average molecular weight is 427 g/mol. The van der Waals surface area contributed by atoms with Crippen LogP contribution in [0.1, 0.15) is 0 Å². The maximum Gasteiger partial charge on any atom is 0.350 e. The second-order valence-electron chi connectivity index (χ2n) is 7.23. The molecule has 0 unspecified atom stereocenters. The first-order valence-corrected chi connectivity index (χ1v) is 11.2. The number of piperazine rings is 1. The summed E-state index contributed by atoms with van der Waals surface area (Å²) in [4.78, 5) is 21.9. The summed E-state index contributed by atoms with van der Waals surface area (Å²) in [6.45, 7) is 3.09. The zero-order chi connectivity index (χ0) is 20.7. The predicted molar refractivity (Wildman–Crippen MR) is 111 cm³/mol. The minimum atomic E-state index is -3.60. The van der Waals surface area contributed by atoms with Gasteiger partial charge in [0.2, 0.25) is 10.0 Å². The molecule has 0 aliphatic carbocycles. The summed E-state index contributed by atoms with van der Waals surface area (Å²) in [7, 11) is -3.60. The summed E-state index contributed by atoms with van der Waals surface area (Å²) in [6.07, 6.45) is 4.84. The molecule has 0 atom stereocenters. The van der Waals surface area contributed by atoms with Gasteiger partial charge in [0.05, 0.1) is 6.54 Å². The van der Waals surface area contributed by atoms with Crippen LogP contribution in [0.3, 0.4) is 0 Å². The third kappa shape index (κ3) is 3.20. The fourth-order valence-electron chi connectivity index (χ4n) is 3.83. The SMILES string of the molecule is O=c1n(CCN2CCN(S(=O)(=O)c3c[nH]c4ncccc34)CC2)nc2ccccn12. The van der Waals surface area contributed by atoms with Gasteiger partial charge in [0.25, 0.3) is 0 Å². The standard InChI is InChI=1S/C19H21N7O3S/c27-19-25-7-2-1-5-17(25)22-26(19)13-10-23-8-11-24(12-9-23)30(28,29)16-14-21-18-15(16)4-3-6-20-18/h1-7,14H,8-13H2,(H,20,21). The van der Waals surface area contributed by atoms with Gasteiger partial charge in [-0.2, -0.15) is 4.31 Å². The summed E-state index contributed by atoms with van der Waals surface area (Å²) in [5.74, 6) is 0. The van der Waals surface area contributed by atoms with Crippen LogP contribution in [-0.4, -0.2) is 74.5 Å². The molecular weight excluding hydrogens is 406 g/mol. The molecular formula is C19H21N7O3S. The number of rotatable bonds is 5. The van der Waals surface area contributed by atoms with Crippen LogP contribution < -0.4 is 5.69 Å². The van der Waals surface area contributed by atoms with E-state index >= 15 is 0 Å². The first kappa shape index (κ1) is 19.0. The Morgan fingerprint density at radius 2 is 1.87 bits per heavy atom. The molecule has 0 saturated carbocycles. The second-order valence-corrected chi connectivity index (χ2v) is 9.14. The Kier molecular flexibility index (Phi) is 4.65. The van der Waals surface area contributed by atoms with Crippen molar-refractivity contribution < 1.29 is 8.42 Å². The summed E-state index contributed by atoms with van der Waals surface area (Å²) in [6, 6.07) is 8.92. The minimum Gasteiger partial charge on any atom is -0.345 e. The number of H-pyrrole nitrogens is 1. The number of fused-ring (bicyclic) bond motifs is 2. The molecule has 0 spiro atoms. The van der Waals surface area contributed by atoms with Crippen LogP contribution in [-0.2, 0) is 16.6 Å². The van der Waals surface area contributed by atoms with Gasteiger partial charge in [0.15, 0.2) is 5.65 Å². The molecule has 4 aromatic heterocycles. The van der Waals surface area contributed by atoms with Gasteiger partial charge in [-0.15, -0.1) is 5.10 Å². The van der Waals surface area contributed by atoms with Gasteiger partial charge in [-0.05, 0) is 24.3 Å². The van der Waals surface area contributed by atoms with Gasteiger partial charge in [-0.25, -0.2) is 22.9 Å². The molecule has 1 fully saturated rings. The highest BCUT2D eigenvalue weighted by Crippen LogP contribution is 2.25. The summed E-state index contributed by atoms with van der Waals surface area (Å²) in [5.41, 5.74) is 1.01. The Morgan fingerprint density at radius 3 is 2.67 bits per heavy atom. The van der Waals surface area contributed by atoms with E-state index in [0.717, 1.165) is 0 Å². The van der Waals surface area contributed by atoms with Crippen LogP contribution in [0.2, 0.25) is 0 Å². The van der Waals surface area contributed by atoms with Crippen LogP contribution >= 0.6 is 0 Å². The van der Waals surface area contributed by atoms with Crippen LogP contribution in [0.15, 0.2) is 58.6 Å². The number of hydrogen-bond donors (Lipinski definition) is 1. The van der Waals surface area contributed by atoms with Crippen molar-refractivity contribution in [3.63, 3.8) is 0 Å². The third-order valence-electron chi connectivity index (χ3n) is 5.48. The zero-order valence-corrected chi connectivity index (χ0v) is 17.0. The quantitative estimate of drug-likeness (QED) is 0.493. The van der Waals surface area contributed by atoms with Gasteiger partial charge in [-0.1, -0.05) is 6.07 Å². The Bertz CT molecular complexity index is 1360. The number of nitrogens with zero attached hydrogens (tertiary/aromatic N) is 6. The maximum absolute atomic E-state index is 13.1. The van der Waals surface area contributed by atoms with Gasteiger partial charge >= 0.3 is 5.69 Å². The number of aromatic amines is 1. The molecule has 5 heterocycles. The molecule has 1 aliphatic rings. The van der Waals surface area contributed by atoms with Gasteiger partial charge in [-0.3, -0.25) is 9.30 Å². The van der Waals surface area contributed by atoms with Crippen molar-refractivity contribution >= 4 is 26.7 Å². The van der Waals surface area contributed by atoms with E-state index < -0.39 is 10.0 Å². The summed E-state index contributed by atoms with van der Waals surface area (Å²) in [5, 5.41) is 4.94. The normalized spacial score (nSPS) is 16.5. The molecule has 0 amide bonds. The zero-order valence-electron chi connectivity index (χ0n) is 16.2. The van der Waals surface area contributed by atoms with Gasteiger partial charge in [0, 0.05) is 56.7 Å². The highest BCUT2D eigenvalue weighted by Gasteiger charge is 2.30. The van der Waals surface area contributed by atoms with E-state index in [9.17, 15) is 13.2 Å². The first-order chi connectivity index (χ1) is 14.5. The fraction of sp³-hybridized carbons (Fsp3) is 0.316. The summed E-state index contributed by atoms with van der Waals surface area (Å²) < 4.78 is 30.7. The van der Waals surface area contributed by atoms with E-state index in [1.807, 2.05) is 6.07 Å². The highest BCUT2D eigenvalue weighted by molar-refractivity contribution is 7.89. The number of pyridine rings is 2. The van der Waals surface area contributed by atoms with Crippen molar-refractivity contribution in [3.8, 4) is 0 Å². The molecule has 0 aromatic carbocycles. The molecule has 11 heteroatoms. The predicted octanol–water partition coefficient (Wildman–Crippen LogP) is 0.379. The van der Waals surface area contributed by atoms with Crippen molar-refractivity contribution in [1.29, 1.82) is 0 Å². The van der Waals surface area contributed by atoms with E-state index in [0.29, 0.717) is 55.9 Å². The fourth-order valence-corrected chi connectivity index (χ4v) is 5.40. The van der Waals surface area contributed by atoms with Crippen LogP contribution in [0, 0.1) is 0 Å². The van der Waals surface area contributed by atoms with Crippen molar-refractivity contribution in [3.05, 3.63) is 59.4 Å². The summed E-state index contributed by atoms with van der Waals surface area (Å²) >= 11 is 0. The molecule has 1 aliphatic heterocycles. The molecule has 4 aromatic rings. The van der Waals surface area contributed by atoms with Crippen LogP contribution in [0.25, 0.3) is 16.7 Å². The molecule has 156 valence electrons. The Balaban J connectivity index is 1.25. The van der Waals surface area contributed by atoms with Crippen molar-refractivity contribution in [1.82, 2.24) is 33.4 Å². The number of sulfonamides is 1. The number of nitrogens with one attached hydrogen (secondary N) is 1. The lowest BCUT2D eigenvalue weighted by atomic mass is 10.3. The van der Waals surface area contributed by atoms with Crippen molar-refractivity contribution in [2.75, 3.05) is 32.7 Å². The lowest BCUT2D eigenvalue weighted by Gasteiger charge is -2.33. The average Bonchev–Trinajstić information content (AvgIpc) is 3.35. The van der Waals surface area contributed by atoms with Crippen LogP contribution in [0.5, 0.6) is 0 Å². The van der Waals surface area contributed by atoms with Gasteiger partial charge < -0.3 is 4.98 Å². The lowest BCUT2D eigenvalue weighted by Crippen LogP contribution is -2.49. The van der Waals surface area contributed by atoms with Gasteiger partial charge in [0.1, 0.15) is 10.5 Å². The van der Waals surface area contributed by atoms with E-state index in [4.69, 9.17) is 0 Å². The van der Waals surface area contributed by atoms with Crippen molar-refractivity contribution in [2.24, 2.45) is 0 Å². The van der Waals surface area contributed by atoms with E-state index in [1.165, 1.54) is 19.6 Å². The first-order valence-electron chi connectivity index (χ1n) is 9.73. The Labute approximate surface area is 172 Å². The minimum absolute atomic E-state index is 0.167. The molecule has 1 saturated heterocycles. The monoisotopic (exact) mass is 427 g/mol. The molecule has 30 heavy (non-hydrogen) atoms. The number of aromatic nitrogens is 5. The van der Waals surface area contributed by atoms with E-state index in [1.54, 1.807) is 36.7 Å². The smallest absolute Gasteiger partial charge is 0.345 e. The molecule has 5 rings (SSSR count). The second kappa shape index (κ2) is 7.35. The molecule has 0 bridgehead atoms. The third-order valence-corrected chi connectivity index (χ3v) is 7.42. The topological polar surface area (TPSA) is 109 Å². The highest BCUT2D eigenvalue weighted by atomic mass is 32.2.